The van der Waals surface area contributed by atoms with Gasteiger partial charge in [-0.05, 0) is 29.7 Å². The fourth-order valence-corrected chi connectivity index (χ4v) is 1.75. The van der Waals surface area contributed by atoms with Gasteiger partial charge < -0.3 is 4.84 Å². The Morgan fingerprint density at radius 2 is 2.00 bits per heavy atom. The summed E-state index contributed by atoms with van der Waals surface area (Å²) in [6.07, 6.45) is 3.78. The molecule has 2 rings (SSSR count). The molecule has 0 heterocycles. The minimum atomic E-state index is -0.273. The summed E-state index contributed by atoms with van der Waals surface area (Å²) in [5.74, 6) is -0.273. The number of aryl methyl sites for hydroxylation is 1. The van der Waals surface area contributed by atoms with Crippen LogP contribution in [0.1, 0.15) is 23.6 Å². The normalized spacial score (nSPS) is 10.8. The first-order valence-electron chi connectivity index (χ1n) is 6.20. The molecule has 0 atom stereocenters. The topological polar surface area (TPSA) is 21.6 Å². The summed E-state index contributed by atoms with van der Waals surface area (Å²) in [6.45, 7) is 2.31. The molecule has 0 unspecified atom stereocenters. The van der Waals surface area contributed by atoms with Gasteiger partial charge in [-0.25, -0.2) is 4.39 Å². The summed E-state index contributed by atoms with van der Waals surface area (Å²) in [4.78, 5) is 5.13. The molecule has 2 aromatic rings. The van der Waals surface area contributed by atoms with Crippen LogP contribution in [0, 0.1) is 5.82 Å². The zero-order valence-corrected chi connectivity index (χ0v) is 10.8. The average Bonchev–Trinajstić information content (AvgIpc) is 2.44. The second-order valence-corrected chi connectivity index (χ2v) is 4.12. The average molecular weight is 256 g/mol. The van der Waals surface area contributed by atoms with Gasteiger partial charge in [0.1, 0.15) is 18.6 Å². The molecule has 0 amide bonds. The maximum Gasteiger partial charge on any atom is 0.142 e. The number of hydrogen-bond acceptors (Lipinski definition) is 2. The highest BCUT2D eigenvalue weighted by molar-refractivity contribution is 5.81. The van der Waals surface area contributed by atoms with Gasteiger partial charge in [0, 0.05) is 5.56 Å². The zero-order valence-electron chi connectivity index (χ0n) is 10.8. The van der Waals surface area contributed by atoms with Crippen LogP contribution in [0.4, 0.5) is 4.39 Å². The van der Waals surface area contributed by atoms with E-state index >= 15 is 0 Å². The third-order valence-corrected chi connectivity index (χ3v) is 2.75. The molecule has 0 aliphatic rings. The molecule has 0 bridgehead atoms. The molecule has 0 aliphatic heterocycles. The first kappa shape index (κ1) is 13.3. The SMILES string of the molecule is CCc1ccccc1/[C]=N\OCc1cccc(F)c1. The van der Waals surface area contributed by atoms with E-state index in [-0.39, 0.29) is 12.4 Å². The van der Waals surface area contributed by atoms with Crippen molar-refractivity contribution in [3.05, 3.63) is 71.0 Å². The molecule has 1 radical (unpaired) electrons. The predicted octanol–water partition coefficient (Wildman–Crippen LogP) is 3.82. The van der Waals surface area contributed by atoms with Gasteiger partial charge in [0.2, 0.25) is 0 Å². The smallest absolute Gasteiger partial charge is 0.142 e. The van der Waals surface area contributed by atoms with Crippen molar-refractivity contribution in [3.8, 4) is 0 Å². The minimum absolute atomic E-state index is 0.235. The van der Waals surface area contributed by atoms with Crippen LogP contribution in [0.15, 0.2) is 53.7 Å². The van der Waals surface area contributed by atoms with Crippen molar-refractivity contribution in [3.63, 3.8) is 0 Å². The molecule has 0 saturated carbocycles. The lowest BCUT2D eigenvalue weighted by molar-refractivity contribution is 0.132. The molecule has 0 spiro atoms. The lowest BCUT2D eigenvalue weighted by atomic mass is 10.1. The van der Waals surface area contributed by atoms with Gasteiger partial charge in [0.05, 0.1) is 0 Å². The van der Waals surface area contributed by atoms with Crippen molar-refractivity contribution >= 4 is 6.21 Å². The molecule has 19 heavy (non-hydrogen) atoms. The van der Waals surface area contributed by atoms with E-state index in [0.717, 1.165) is 17.5 Å². The quantitative estimate of drug-likeness (QED) is 0.588. The molecule has 2 aromatic carbocycles. The van der Waals surface area contributed by atoms with E-state index in [1.807, 2.05) is 24.3 Å². The van der Waals surface area contributed by atoms with Gasteiger partial charge in [0.15, 0.2) is 0 Å². The number of rotatable bonds is 5. The van der Waals surface area contributed by atoms with Gasteiger partial charge in [-0.2, -0.15) is 0 Å². The molecule has 0 aliphatic carbocycles. The fraction of sp³-hybridized carbons (Fsp3) is 0.188. The Hall–Kier alpha value is -2.16. The van der Waals surface area contributed by atoms with Crippen LogP contribution in [0.3, 0.4) is 0 Å². The van der Waals surface area contributed by atoms with Crippen molar-refractivity contribution in [2.24, 2.45) is 5.16 Å². The Balaban J connectivity index is 1.93. The highest BCUT2D eigenvalue weighted by Crippen LogP contribution is 2.08. The molecule has 2 nitrogen and oxygen atoms in total. The van der Waals surface area contributed by atoms with Crippen molar-refractivity contribution in [1.29, 1.82) is 0 Å². The number of hydrogen-bond donors (Lipinski definition) is 0. The standard InChI is InChI=1S/C16H15FNO/c1-2-14-7-3-4-8-15(14)11-18-19-12-13-6-5-9-16(17)10-13/h3-10H,2,12H2,1H3. The van der Waals surface area contributed by atoms with E-state index in [0.29, 0.717) is 0 Å². The molecule has 0 fully saturated rings. The Kier molecular flexibility index (Phi) is 4.67. The summed E-state index contributed by atoms with van der Waals surface area (Å²) >= 11 is 0. The Morgan fingerprint density at radius 3 is 2.79 bits per heavy atom. The molecule has 97 valence electrons. The summed E-state index contributed by atoms with van der Waals surface area (Å²) in [5.41, 5.74) is 2.83. The molecule has 0 aromatic heterocycles. The Morgan fingerprint density at radius 1 is 1.16 bits per heavy atom. The van der Waals surface area contributed by atoms with Gasteiger partial charge in [0.25, 0.3) is 0 Å². The molecule has 3 heteroatoms. The summed E-state index contributed by atoms with van der Waals surface area (Å²) < 4.78 is 12.9. The second-order valence-electron chi connectivity index (χ2n) is 4.12. The largest absolute Gasteiger partial charge is 0.390 e. The van der Waals surface area contributed by atoms with E-state index in [9.17, 15) is 4.39 Å². The monoisotopic (exact) mass is 256 g/mol. The van der Waals surface area contributed by atoms with Crippen molar-refractivity contribution in [2.75, 3.05) is 0 Å². The highest BCUT2D eigenvalue weighted by atomic mass is 19.1. The lowest BCUT2D eigenvalue weighted by Crippen LogP contribution is -1.92. The van der Waals surface area contributed by atoms with E-state index < -0.39 is 0 Å². The van der Waals surface area contributed by atoms with E-state index in [1.165, 1.54) is 17.7 Å². The van der Waals surface area contributed by atoms with Crippen LogP contribution < -0.4 is 0 Å². The van der Waals surface area contributed by atoms with Crippen LogP contribution in [0.25, 0.3) is 0 Å². The maximum atomic E-state index is 12.9. The van der Waals surface area contributed by atoms with Gasteiger partial charge in [-0.1, -0.05) is 48.5 Å². The predicted molar refractivity (Wildman–Crippen MR) is 73.5 cm³/mol. The van der Waals surface area contributed by atoms with E-state index in [4.69, 9.17) is 4.84 Å². The molecular weight excluding hydrogens is 241 g/mol. The Bertz CT molecular complexity index is 566. The van der Waals surface area contributed by atoms with Crippen LogP contribution in [-0.4, -0.2) is 6.21 Å². The van der Waals surface area contributed by atoms with Crippen molar-refractivity contribution in [1.82, 2.24) is 0 Å². The third-order valence-electron chi connectivity index (χ3n) is 2.75. The van der Waals surface area contributed by atoms with Gasteiger partial charge in [-0.3, -0.25) is 0 Å². The first-order valence-corrected chi connectivity index (χ1v) is 6.20. The van der Waals surface area contributed by atoms with Crippen molar-refractivity contribution in [2.45, 2.75) is 20.0 Å². The fourth-order valence-electron chi connectivity index (χ4n) is 1.75. The van der Waals surface area contributed by atoms with Crippen molar-refractivity contribution < 1.29 is 9.23 Å². The van der Waals surface area contributed by atoms with Crippen LogP contribution in [-0.2, 0) is 17.9 Å². The number of benzene rings is 2. The summed E-state index contributed by atoms with van der Waals surface area (Å²) in [7, 11) is 0. The molecule has 0 saturated heterocycles. The third kappa shape index (κ3) is 3.91. The van der Waals surface area contributed by atoms with Crippen LogP contribution in [0.2, 0.25) is 0 Å². The minimum Gasteiger partial charge on any atom is -0.390 e. The van der Waals surface area contributed by atoms with Gasteiger partial charge >= 0.3 is 0 Å². The number of halogens is 1. The zero-order chi connectivity index (χ0) is 13.5. The van der Waals surface area contributed by atoms with E-state index in [1.54, 1.807) is 12.1 Å². The molecule has 0 N–H and O–H groups in total. The van der Waals surface area contributed by atoms with Gasteiger partial charge in [-0.15, -0.1) is 0 Å². The first-order chi connectivity index (χ1) is 9.29. The number of nitrogens with zero attached hydrogens (tertiary/aromatic N) is 1. The highest BCUT2D eigenvalue weighted by Gasteiger charge is 1.97. The maximum absolute atomic E-state index is 12.9. The van der Waals surface area contributed by atoms with E-state index in [2.05, 4.69) is 18.3 Å². The van der Waals surface area contributed by atoms with Crippen LogP contribution >= 0.6 is 0 Å². The lowest BCUT2D eigenvalue weighted by Gasteiger charge is -2.01. The second kappa shape index (κ2) is 6.69. The molecular formula is C16H15FNO. The summed E-state index contributed by atoms with van der Waals surface area (Å²) in [5, 5.41) is 3.80. The Labute approximate surface area is 112 Å². The summed E-state index contributed by atoms with van der Waals surface area (Å²) in [6, 6.07) is 14.2. The van der Waals surface area contributed by atoms with Crippen LogP contribution in [0.5, 0.6) is 0 Å².